The second-order valence-corrected chi connectivity index (χ2v) is 13.7. The summed E-state index contributed by atoms with van der Waals surface area (Å²) in [6.45, 7) is 6.67. The van der Waals surface area contributed by atoms with E-state index < -0.39 is 23.9 Å². The summed E-state index contributed by atoms with van der Waals surface area (Å²) in [6.07, 6.45) is 1.70. The van der Waals surface area contributed by atoms with Crippen molar-refractivity contribution in [3.8, 4) is 17.4 Å². The second kappa shape index (κ2) is 14.3. The second-order valence-electron chi connectivity index (χ2n) is 13.7. The first kappa shape index (κ1) is 34.4. The van der Waals surface area contributed by atoms with Gasteiger partial charge in [-0.2, -0.15) is 0 Å². The molecule has 52 heavy (non-hydrogen) atoms. The zero-order chi connectivity index (χ0) is 36.4. The lowest BCUT2D eigenvalue weighted by Crippen LogP contribution is -2.52. The fourth-order valence-corrected chi connectivity index (χ4v) is 6.36. The number of rotatable bonds is 7. The molecule has 266 valence electrons. The molecule has 2 aromatic heterocycles. The normalized spacial score (nSPS) is 13.5. The minimum atomic E-state index is -0.635. The summed E-state index contributed by atoms with van der Waals surface area (Å²) < 4.78 is 34.0. The molecule has 0 radical (unpaired) electrons. The van der Waals surface area contributed by atoms with E-state index in [1.165, 1.54) is 17.0 Å². The van der Waals surface area contributed by atoms with E-state index >= 15 is 0 Å². The van der Waals surface area contributed by atoms with E-state index in [-0.39, 0.29) is 50.2 Å². The van der Waals surface area contributed by atoms with Gasteiger partial charge in [-0.3, -0.25) is 4.98 Å². The van der Waals surface area contributed by atoms with E-state index in [0.29, 0.717) is 27.4 Å². The molecule has 1 aliphatic heterocycles. The number of halogens is 1. The van der Waals surface area contributed by atoms with Crippen LogP contribution in [0.3, 0.4) is 0 Å². The van der Waals surface area contributed by atoms with Gasteiger partial charge in [0, 0.05) is 44.0 Å². The average Bonchev–Trinajstić information content (AvgIpc) is 3.47. The highest BCUT2D eigenvalue weighted by molar-refractivity contribution is 6.12. The van der Waals surface area contributed by atoms with E-state index in [2.05, 4.69) is 0 Å². The molecule has 3 heterocycles. The number of ether oxygens (including phenoxy) is 3. The highest BCUT2D eigenvalue weighted by Gasteiger charge is 2.31. The number of aromatic nitrogens is 2. The Bertz CT molecular complexity index is 2170. The SMILES string of the molecule is CC(C)(C)OC(=O)N1CCN(C(=O)Oc2c3cccnc3c(OC(c3ccccc3)c3ccccc3)c3c(O)n(Cc4ccc(F)cc4)cc23)CC1. The Morgan fingerprint density at radius 3 is 1.98 bits per heavy atom. The Morgan fingerprint density at radius 1 is 0.788 bits per heavy atom. The third-order valence-electron chi connectivity index (χ3n) is 8.87. The van der Waals surface area contributed by atoms with Gasteiger partial charge in [-0.05, 0) is 61.7 Å². The summed E-state index contributed by atoms with van der Waals surface area (Å²) in [5.41, 5.74) is 2.27. The van der Waals surface area contributed by atoms with Crippen molar-refractivity contribution >= 4 is 33.9 Å². The van der Waals surface area contributed by atoms with Gasteiger partial charge in [0.2, 0.25) is 5.88 Å². The molecular formula is C41H39FN4O6. The topological polar surface area (TPSA) is 106 Å². The standard InChI is InChI=1S/C41H39FN4O6/c1-41(2,3)52-40(49)45-23-21-44(22-24-45)39(48)51-36-31-15-10-20-43-34(31)37(50-35(28-11-6-4-7-12-28)29-13-8-5-9-14-29)33-32(36)26-46(38(33)47)25-27-16-18-30(42)19-17-27/h4-20,26,35,47H,21-25H2,1-3H3. The molecular weight excluding hydrogens is 663 g/mol. The molecule has 4 aromatic carbocycles. The summed E-state index contributed by atoms with van der Waals surface area (Å²) in [6, 6.07) is 29.1. The monoisotopic (exact) mass is 702 g/mol. The largest absolute Gasteiger partial charge is 0.494 e. The number of nitrogens with zero attached hydrogens (tertiary/aromatic N) is 4. The van der Waals surface area contributed by atoms with Crippen LogP contribution in [-0.4, -0.2) is 68.4 Å². The first-order chi connectivity index (χ1) is 25.1. The Morgan fingerprint density at radius 2 is 1.38 bits per heavy atom. The van der Waals surface area contributed by atoms with Crippen molar-refractivity contribution in [3.63, 3.8) is 0 Å². The quantitative estimate of drug-likeness (QED) is 0.178. The van der Waals surface area contributed by atoms with Gasteiger partial charge in [0.15, 0.2) is 11.5 Å². The summed E-state index contributed by atoms with van der Waals surface area (Å²) in [4.78, 5) is 34.3. The lowest BCUT2D eigenvalue weighted by Gasteiger charge is -2.35. The fraction of sp³-hybridized carbons (Fsp3) is 0.244. The first-order valence-electron chi connectivity index (χ1n) is 17.1. The predicted octanol–water partition coefficient (Wildman–Crippen LogP) is 8.30. The zero-order valence-corrected chi connectivity index (χ0v) is 29.2. The number of benzene rings is 4. The van der Waals surface area contributed by atoms with E-state index in [1.807, 2.05) is 81.4 Å². The summed E-state index contributed by atoms with van der Waals surface area (Å²) in [5.74, 6) is 0.0104. The zero-order valence-electron chi connectivity index (χ0n) is 29.2. The van der Waals surface area contributed by atoms with Crippen molar-refractivity contribution in [1.82, 2.24) is 19.4 Å². The third-order valence-corrected chi connectivity index (χ3v) is 8.87. The van der Waals surface area contributed by atoms with Gasteiger partial charge in [0.1, 0.15) is 23.0 Å². The van der Waals surface area contributed by atoms with Crippen molar-refractivity contribution < 1.29 is 33.3 Å². The Hall–Kier alpha value is -6.10. The molecule has 2 amide bonds. The molecule has 0 aliphatic carbocycles. The van der Waals surface area contributed by atoms with Crippen LogP contribution in [0.5, 0.6) is 17.4 Å². The number of hydrogen-bond donors (Lipinski definition) is 1. The van der Waals surface area contributed by atoms with Crippen LogP contribution in [0.25, 0.3) is 21.7 Å². The maximum atomic E-state index is 13.8. The average molecular weight is 703 g/mol. The van der Waals surface area contributed by atoms with Crippen LogP contribution in [0.4, 0.5) is 14.0 Å². The van der Waals surface area contributed by atoms with E-state index in [9.17, 15) is 19.1 Å². The Labute approximate surface area is 300 Å². The number of carbonyl (C=O) groups is 2. The number of pyridine rings is 1. The summed E-state index contributed by atoms with van der Waals surface area (Å²) in [7, 11) is 0. The number of hydrogen-bond acceptors (Lipinski definition) is 7. The molecule has 0 unspecified atom stereocenters. The van der Waals surface area contributed by atoms with Gasteiger partial charge in [-0.1, -0.05) is 72.8 Å². The van der Waals surface area contributed by atoms with Gasteiger partial charge in [-0.15, -0.1) is 0 Å². The molecule has 1 aliphatic rings. The molecule has 0 bridgehead atoms. The van der Waals surface area contributed by atoms with E-state index in [4.69, 9.17) is 19.2 Å². The Kier molecular flexibility index (Phi) is 9.42. The molecule has 1 saturated heterocycles. The molecule has 10 nitrogen and oxygen atoms in total. The third kappa shape index (κ3) is 7.20. The molecule has 6 aromatic rings. The lowest BCUT2D eigenvalue weighted by atomic mass is 10.0. The molecule has 0 spiro atoms. The van der Waals surface area contributed by atoms with E-state index in [0.717, 1.165) is 16.7 Å². The van der Waals surface area contributed by atoms with Crippen molar-refractivity contribution in [3.05, 3.63) is 132 Å². The molecule has 1 N–H and O–H groups in total. The van der Waals surface area contributed by atoms with Crippen molar-refractivity contribution in [2.75, 3.05) is 26.2 Å². The molecule has 11 heteroatoms. The Balaban J connectivity index is 1.31. The van der Waals surface area contributed by atoms with Crippen LogP contribution in [0.1, 0.15) is 43.6 Å². The van der Waals surface area contributed by atoms with Crippen LogP contribution in [0.15, 0.2) is 109 Å². The van der Waals surface area contributed by atoms with Gasteiger partial charge in [0.25, 0.3) is 0 Å². The fourth-order valence-electron chi connectivity index (χ4n) is 6.36. The van der Waals surface area contributed by atoms with Crippen LogP contribution >= 0.6 is 0 Å². The van der Waals surface area contributed by atoms with Crippen LogP contribution in [0, 0.1) is 5.82 Å². The molecule has 1 fully saturated rings. The number of aromatic hydroxyl groups is 1. The number of piperazine rings is 1. The summed E-state index contributed by atoms with van der Waals surface area (Å²) in [5, 5.41) is 13.2. The van der Waals surface area contributed by atoms with Crippen LogP contribution in [0.2, 0.25) is 0 Å². The molecule has 0 atom stereocenters. The minimum absolute atomic E-state index is 0.134. The smallest absolute Gasteiger partial charge is 0.415 e. The number of amides is 2. The predicted molar refractivity (Wildman–Crippen MR) is 195 cm³/mol. The van der Waals surface area contributed by atoms with Crippen LogP contribution < -0.4 is 9.47 Å². The number of fused-ring (bicyclic) bond motifs is 2. The number of carbonyl (C=O) groups excluding carboxylic acids is 2. The lowest BCUT2D eigenvalue weighted by molar-refractivity contribution is 0.0154. The maximum absolute atomic E-state index is 13.8. The first-order valence-corrected chi connectivity index (χ1v) is 17.1. The van der Waals surface area contributed by atoms with Crippen LogP contribution in [-0.2, 0) is 11.3 Å². The maximum Gasteiger partial charge on any atom is 0.415 e. The van der Waals surface area contributed by atoms with Crippen molar-refractivity contribution in [2.45, 2.75) is 39.0 Å². The van der Waals surface area contributed by atoms with Gasteiger partial charge in [-0.25, -0.2) is 14.0 Å². The van der Waals surface area contributed by atoms with Crippen molar-refractivity contribution in [1.29, 1.82) is 0 Å². The summed E-state index contributed by atoms with van der Waals surface area (Å²) >= 11 is 0. The van der Waals surface area contributed by atoms with Gasteiger partial charge in [0.05, 0.1) is 17.3 Å². The minimum Gasteiger partial charge on any atom is -0.494 e. The van der Waals surface area contributed by atoms with E-state index in [1.54, 1.807) is 46.1 Å². The molecule has 7 rings (SSSR count). The highest BCUT2D eigenvalue weighted by Crippen LogP contribution is 2.48. The van der Waals surface area contributed by atoms with Gasteiger partial charge >= 0.3 is 12.2 Å². The van der Waals surface area contributed by atoms with Crippen molar-refractivity contribution in [2.24, 2.45) is 0 Å². The van der Waals surface area contributed by atoms with Gasteiger partial charge < -0.3 is 33.7 Å². The molecule has 0 saturated carbocycles. The highest BCUT2D eigenvalue weighted by atomic mass is 19.1.